The van der Waals surface area contributed by atoms with E-state index < -0.39 is 0 Å². The second kappa shape index (κ2) is 6.21. The molecule has 0 aliphatic rings. The van der Waals surface area contributed by atoms with Crippen molar-refractivity contribution in [2.75, 3.05) is 7.11 Å². The van der Waals surface area contributed by atoms with Crippen LogP contribution in [-0.4, -0.2) is 13.1 Å². The molecule has 2 rings (SSSR count). The molecule has 0 aliphatic carbocycles. The SMILES string of the molecule is COC(=O)c1ccc(Br)cc1C#Cc1ccccc1. The topological polar surface area (TPSA) is 26.3 Å². The fourth-order valence-corrected chi connectivity index (χ4v) is 1.93. The van der Waals surface area contributed by atoms with E-state index in [-0.39, 0.29) is 5.97 Å². The zero-order valence-corrected chi connectivity index (χ0v) is 11.9. The first-order valence-corrected chi connectivity index (χ1v) is 6.45. The Balaban J connectivity index is 2.42. The van der Waals surface area contributed by atoms with Crippen molar-refractivity contribution in [2.45, 2.75) is 0 Å². The van der Waals surface area contributed by atoms with Crippen LogP contribution in [0.5, 0.6) is 0 Å². The molecule has 0 unspecified atom stereocenters. The smallest absolute Gasteiger partial charge is 0.339 e. The Morgan fingerprint density at radius 1 is 1.11 bits per heavy atom. The standard InChI is InChI=1S/C16H11BrO2/c1-19-16(18)15-10-9-14(17)11-13(15)8-7-12-5-3-2-4-6-12/h2-6,9-11H,1H3. The van der Waals surface area contributed by atoms with Crippen molar-refractivity contribution in [3.8, 4) is 11.8 Å². The highest BCUT2D eigenvalue weighted by molar-refractivity contribution is 9.10. The summed E-state index contributed by atoms with van der Waals surface area (Å²) in [5.74, 6) is 5.65. The maximum Gasteiger partial charge on any atom is 0.339 e. The third-order valence-corrected chi connectivity index (χ3v) is 3.00. The lowest BCUT2D eigenvalue weighted by Crippen LogP contribution is -2.03. The normalized spacial score (nSPS) is 9.37. The number of methoxy groups -OCH3 is 1. The van der Waals surface area contributed by atoms with E-state index in [2.05, 4.69) is 27.8 Å². The molecule has 0 radical (unpaired) electrons. The van der Waals surface area contributed by atoms with Gasteiger partial charge in [-0.25, -0.2) is 4.79 Å². The number of ether oxygens (including phenoxy) is 1. The van der Waals surface area contributed by atoms with Crippen LogP contribution in [0.1, 0.15) is 21.5 Å². The van der Waals surface area contributed by atoms with Crippen LogP contribution in [0.25, 0.3) is 0 Å². The van der Waals surface area contributed by atoms with Crippen LogP contribution in [0.15, 0.2) is 53.0 Å². The Kier molecular flexibility index (Phi) is 4.38. The molecule has 3 heteroatoms. The van der Waals surface area contributed by atoms with Gasteiger partial charge < -0.3 is 4.74 Å². The van der Waals surface area contributed by atoms with Crippen LogP contribution in [0, 0.1) is 11.8 Å². The Morgan fingerprint density at radius 2 is 1.84 bits per heavy atom. The molecule has 0 amide bonds. The van der Waals surface area contributed by atoms with Gasteiger partial charge in [-0.2, -0.15) is 0 Å². The van der Waals surface area contributed by atoms with Gasteiger partial charge in [0.05, 0.1) is 12.7 Å². The number of rotatable bonds is 1. The van der Waals surface area contributed by atoms with Crippen LogP contribution in [0.4, 0.5) is 0 Å². The molecular formula is C16H11BrO2. The number of halogens is 1. The van der Waals surface area contributed by atoms with Gasteiger partial charge in [-0.15, -0.1) is 0 Å². The quantitative estimate of drug-likeness (QED) is 0.593. The van der Waals surface area contributed by atoms with Crippen LogP contribution in [-0.2, 0) is 4.74 Å². The van der Waals surface area contributed by atoms with Crippen LogP contribution in [0.3, 0.4) is 0 Å². The lowest BCUT2D eigenvalue weighted by Gasteiger charge is -2.02. The summed E-state index contributed by atoms with van der Waals surface area (Å²) in [7, 11) is 1.36. The van der Waals surface area contributed by atoms with Gasteiger partial charge in [0.2, 0.25) is 0 Å². The summed E-state index contributed by atoms with van der Waals surface area (Å²) in [5.41, 5.74) is 2.01. The van der Waals surface area contributed by atoms with Crippen LogP contribution >= 0.6 is 15.9 Å². The first-order chi connectivity index (χ1) is 9.20. The van der Waals surface area contributed by atoms with E-state index in [1.54, 1.807) is 12.1 Å². The van der Waals surface area contributed by atoms with Crippen molar-refractivity contribution in [1.82, 2.24) is 0 Å². The van der Waals surface area contributed by atoms with E-state index in [0.29, 0.717) is 11.1 Å². The zero-order chi connectivity index (χ0) is 13.7. The molecule has 0 bridgehead atoms. The monoisotopic (exact) mass is 314 g/mol. The molecule has 0 saturated carbocycles. The molecule has 0 heterocycles. The van der Waals surface area contributed by atoms with Crippen molar-refractivity contribution in [3.05, 3.63) is 69.7 Å². The summed E-state index contributed by atoms with van der Waals surface area (Å²) in [5, 5.41) is 0. The number of esters is 1. The van der Waals surface area contributed by atoms with Gasteiger partial charge in [0.15, 0.2) is 0 Å². The molecule has 0 spiro atoms. The largest absolute Gasteiger partial charge is 0.465 e. The average molecular weight is 315 g/mol. The van der Waals surface area contributed by atoms with Crippen LogP contribution in [0.2, 0.25) is 0 Å². The molecule has 0 fully saturated rings. The van der Waals surface area contributed by atoms with Gasteiger partial charge in [-0.3, -0.25) is 0 Å². The fraction of sp³-hybridized carbons (Fsp3) is 0.0625. The van der Waals surface area contributed by atoms with E-state index in [0.717, 1.165) is 10.0 Å². The predicted molar refractivity (Wildman–Crippen MR) is 77.9 cm³/mol. The van der Waals surface area contributed by atoms with Crippen molar-refractivity contribution >= 4 is 21.9 Å². The Hall–Kier alpha value is -2.05. The van der Waals surface area contributed by atoms with Crippen molar-refractivity contribution in [2.24, 2.45) is 0 Å². The minimum atomic E-state index is -0.384. The number of carbonyl (C=O) groups excluding carboxylic acids is 1. The third-order valence-electron chi connectivity index (χ3n) is 2.50. The van der Waals surface area contributed by atoms with E-state index in [9.17, 15) is 4.79 Å². The molecule has 0 N–H and O–H groups in total. The number of carbonyl (C=O) groups is 1. The highest BCUT2D eigenvalue weighted by Crippen LogP contribution is 2.17. The molecule has 2 aromatic rings. The first kappa shape index (κ1) is 13.4. The lowest BCUT2D eigenvalue weighted by atomic mass is 10.1. The molecule has 2 nitrogen and oxygen atoms in total. The van der Waals surface area contributed by atoms with Gasteiger partial charge >= 0.3 is 5.97 Å². The van der Waals surface area contributed by atoms with Gasteiger partial charge in [-0.05, 0) is 30.3 Å². The summed E-state index contributed by atoms with van der Waals surface area (Å²) >= 11 is 3.37. The Bertz CT molecular complexity index is 651. The maximum absolute atomic E-state index is 11.7. The van der Waals surface area contributed by atoms with Gasteiger partial charge in [0.25, 0.3) is 0 Å². The minimum absolute atomic E-state index is 0.384. The van der Waals surface area contributed by atoms with Gasteiger partial charge in [0, 0.05) is 15.6 Å². The molecule has 0 aromatic heterocycles. The minimum Gasteiger partial charge on any atom is -0.465 e. The van der Waals surface area contributed by atoms with Crippen molar-refractivity contribution in [1.29, 1.82) is 0 Å². The number of hydrogen-bond donors (Lipinski definition) is 0. The summed E-state index contributed by atoms with van der Waals surface area (Å²) in [6.07, 6.45) is 0. The molecule has 19 heavy (non-hydrogen) atoms. The van der Waals surface area contributed by atoms with E-state index in [1.807, 2.05) is 36.4 Å². The average Bonchev–Trinajstić information content (AvgIpc) is 2.45. The van der Waals surface area contributed by atoms with Crippen LogP contribution < -0.4 is 0 Å². The highest BCUT2D eigenvalue weighted by Gasteiger charge is 2.10. The summed E-state index contributed by atoms with van der Waals surface area (Å²) in [6.45, 7) is 0. The van der Waals surface area contributed by atoms with Crippen molar-refractivity contribution in [3.63, 3.8) is 0 Å². The molecule has 2 aromatic carbocycles. The molecule has 94 valence electrons. The maximum atomic E-state index is 11.7. The van der Waals surface area contributed by atoms with Crippen molar-refractivity contribution < 1.29 is 9.53 Å². The lowest BCUT2D eigenvalue weighted by molar-refractivity contribution is 0.0600. The molecule has 0 aliphatic heterocycles. The molecule has 0 atom stereocenters. The van der Waals surface area contributed by atoms with E-state index in [4.69, 9.17) is 4.74 Å². The summed E-state index contributed by atoms with van der Waals surface area (Å²) in [6, 6.07) is 14.9. The van der Waals surface area contributed by atoms with E-state index >= 15 is 0 Å². The molecule has 0 saturated heterocycles. The van der Waals surface area contributed by atoms with Gasteiger partial charge in [-0.1, -0.05) is 46.0 Å². The second-order valence-electron chi connectivity index (χ2n) is 3.80. The second-order valence-corrected chi connectivity index (χ2v) is 4.71. The first-order valence-electron chi connectivity index (χ1n) is 5.65. The predicted octanol–water partition coefficient (Wildman–Crippen LogP) is 3.64. The number of hydrogen-bond acceptors (Lipinski definition) is 2. The fourth-order valence-electron chi connectivity index (χ4n) is 1.57. The highest BCUT2D eigenvalue weighted by atomic mass is 79.9. The number of benzene rings is 2. The van der Waals surface area contributed by atoms with E-state index in [1.165, 1.54) is 7.11 Å². The summed E-state index contributed by atoms with van der Waals surface area (Å²) < 4.78 is 5.62. The van der Waals surface area contributed by atoms with Gasteiger partial charge in [0.1, 0.15) is 0 Å². The third kappa shape index (κ3) is 3.46. The zero-order valence-electron chi connectivity index (χ0n) is 10.3. The Labute approximate surface area is 120 Å². The summed E-state index contributed by atoms with van der Waals surface area (Å²) in [4.78, 5) is 11.7. The Morgan fingerprint density at radius 3 is 2.53 bits per heavy atom. The molecular weight excluding hydrogens is 304 g/mol.